The Morgan fingerprint density at radius 2 is 1.88 bits per heavy atom. The molecule has 0 saturated heterocycles. The molecule has 0 atom stereocenters. The summed E-state index contributed by atoms with van der Waals surface area (Å²) in [6.07, 6.45) is 0. The van der Waals surface area contributed by atoms with Crippen molar-refractivity contribution in [3.05, 3.63) is 65.2 Å². The van der Waals surface area contributed by atoms with Gasteiger partial charge in [0.2, 0.25) is 0 Å². The number of benzene rings is 2. The van der Waals surface area contributed by atoms with Gasteiger partial charge in [0.15, 0.2) is 10.8 Å². The smallest absolute Gasteiger partial charge is 0.335 e. The van der Waals surface area contributed by atoms with E-state index in [9.17, 15) is 4.79 Å². The number of hydrogen-bond acceptors (Lipinski definition) is 4. The maximum Gasteiger partial charge on any atom is 0.335 e. The molecule has 4 nitrogen and oxygen atoms in total. The van der Waals surface area contributed by atoms with Crippen LogP contribution in [0.1, 0.15) is 10.4 Å². The third kappa shape index (κ3) is 2.58. The van der Waals surface area contributed by atoms with Crippen LogP contribution in [0.3, 0.4) is 0 Å². The van der Waals surface area contributed by atoms with Crippen molar-refractivity contribution < 1.29 is 14.3 Å². The highest BCUT2D eigenvalue weighted by Crippen LogP contribution is 2.36. The molecule has 118 valence electrons. The summed E-state index contributed by atoms with van der Waals surface area (Å²) in [7, 11) is 0. The average molecular weight is 356 g/mol. The maximum absolute atomic E-state index is 11.1. The summed E-state index contributed by atoms with van der Waals surface area (Å²) >= 11 is 7.73. The second-order valence-corrected chi connectivity index (χ2v) is 6.59. The van der Waals surface area contributed by atoms with Crippen molar-refractivity contribution in [3.8, 4) is 22.1 Å². The Bertz CT molecular complexity index is 1030. The number of aromatic carboxylic acids is 1. The van der Waals surface area contributed by atoms with E-state index in [0.717, 1.165) is 15.2 Å². The normalized spacial score (nSPS) is 11.0. The molecular weight excluding hydrogens is 346 g/mol. The molecule has 2 heterocycles. The molecule has 6 heteroatoms. The number of hydrogen-bond donors (Lipinski definition) is 1. The summed E-state index contributed by atoms with van der Waals surface area (Å²) in [5.74, 6) is 0.131. The molecule has 0 aliphatic heterocycles. The molecule has 0 fully saturated rings. The summed E-state index contributed by atoms with van der Waals surface area (Å²) in [6, 6.07) is 16.0. The van der Waals surface area contributed by atoms with Crippen LogP contribution in [0.2, 0.25) is 5.02 Å². The van der Waals surface area contributed by atoms with Gasteiger partial charge in [-0.3, -0.25) is 0 Å². The summed E-state index contributed by atoms with van der Waals surface area (Å²) in [5, 5.41) is 10.3. The standard InChI is InChI=1S/C18H10ClNO3S/c19-12-6-5-10(18(21)22)9-11(12)14-7-8-15(23-14)17-20-13-3-1-2-4-16(13)24-17/h1-9H,(H,21,22). The lowest BCUT2D eigenvalue weighted by atomic mass is 10.1. The first kappa shape index (κ1) is 14.9. The third-order valence-corrected chi connectivity index (χ3v) is 4.97. The molecule has 0 bridgehead atoms. The van der Waals surface area contributed by atoms with Crippen molar-refractivity contribution in [1.82, 2.24) is 4.98 Å². The van der Waals surface area contributed by atoms with Crippen LogP contribution in [0.25, 0.3) is 32.3 Å². The Labute approximate surface area is 146 Å². The van der Waals surface area contributed by atoms with Crippen LogP contribution in [0.15, 0.2) is 59.0 Å². The topological polar surface area (TPSA) is 63.3 Å². The van der Waals surface area contributed by atoms with Crippen LogP contribution < -0.4 is 0 Å². The first-order valence-electron chi connectivity index (χ1n) is 7.11. The lowest BCUT2D eigenvalue weighted by Gasteiger charge is -2.02. The Morgan fingerprint density at radius 3 is 2.67 bits per heavy atom. The Hall–Kier alpha value is -2.63. The monoisotopic (exact) mass is 355 g/mol. The summed E-state index contributed by atoms with van der Waals surface area (Å²) in [6.45, 7) is 0. The van der Waals surface area contributed by atoms with Gasteiger partial charge in [-0.25, -0.2) is 9.78 Å². The maximum atomic E-state index is 11.1. The van der Waals surface area contributed by atoms with Crippen LogP contribution in [-0.4, -0.2) is 16.1 Å². The molecule has 0 aliphatic rings. The van der Waals surface area contributed by atoms with Crippen LogP contribution >= 0.6 is 22.9 Å². The number of aromatic nitrogens is 1. The van der Waals surface area contributed by atoms with Gasteiger partial charge in [0.25, 0.3) is 0 Å². The minimum atomic E-state index is -1.01. The van der Waals surface area contributed by atoms with Crippen LogP contribution in [0, 0.1) is 0 Å². The second kappa shape index (κ2) is 5.78. The molecule has 0 spiro atoms. The highest BCUT2D eigenvalue weighted by atomic mass is 35.5. The number of nitrogens with zero attached hydrogens (tertiary/aromatic N) is 1. The number of para-hydroxylation sites is 1. The zero-order valence-corrected chi connectivity index (χ0v) is 13.8. The lowest BCUT2D eigenvalue weighted by molar-refractivity contribution is 0.0697. The Kier molecular flexibility index (Phi) is 3.59. The van der Waals surface area contributed by atoms with Crippen molar-refractivity contribution in [2.75, 3.05) is 0 Å². The average Bonchev–Trinajstić information content (AvgIpc) is 3.21. The SMILES string of the molecule is O=C(O)c1ccc(Cl)c(-c2ccc(-c3nc4ccccc4s3)o2)c1. The van der Waals surface area contributed by atoms with Gasteiger partial charge in [-0.05, 0) is 42.5 Å². The number of fused-ring (bicyclic) bond motifs is 1. The second-order valence-electron chi connectivity index (χ2n) is 5.15. The van der Waals surface area contributed by atoms with Crippen molar-refractivity contribution >= 4 is 39.1 Å². The van der Waals surface area contributed by atoms with E-state index < -0.39 is 5.97 Å². The van der Waals surface area contributed by atoms with E-state index in [2.05, 4.69) is 4.98 Å². The molecule has 4 aromatic rings. The van der Waals surface area contributed by atoms with Crippen molar-refractivity contribution in [1.29, 1.82) is 0 Å². The summed E-state index contributed by atoms with van der Waals surface area (Å²) < 4.78 is 6.95. The predicted molar refractivity (Wildman–Crippen MR) is 94.7 cm³/mol. The molecule has 2 aromatic carbocycles. The predicted octanol–water partition coefficient (Wildman–Crippen LogP) is 5.57. The highest BCUT2D eigenvalue weighted by molar-refractivity contribution is 7.21. The third-order valence-electron chi connectivity index (χ3n) is 3.59. The quantitative estimate of drug-likeness (QED) is 0.521. The van der Waals surface area contributed by atoms with Gasteiger partial charge >= 0.3 is 5.97 Å². The molecule has 4 rings (SSSR count). The number of carboxylic acids is 1. The number of thiazole rings is 1. The first-order chi connectivity index (χ1) is 11.6. The Morgan fingerprint density at radius 1 is 1.08 bits per heavy atom. The van der Waals surface area contributed by atoms with E-state index in [0.29, 0.717) is 22.1 Å². The molecular formula is C18H10ClNO3S. The fraction of sp³-hybridized carbons (Fsp3) is 0. The zero-order valence-electron chi connectivity index (χ0n) is 12.2. The molecule has 0 unspecified atom stereocenters. The van der Waals surface area contributed by atoms with E-state index in [1.165, 1.54) is 23.5 Å². The van der Waals surface area contributed by atoms with Crippen molar-refractivity contribution in [2.45, 2.75) is 0 Å². The number of halogens is 1. The van der Waals surface area contributed by atoms with Gasteiger partial charge in [-0.2, -0.15) is 0 Å². The molecule has 1 N–H and O–H groups in total. The van der Waals surface area contributed by atoms with Gasteiger partial charge in [-0.1, -0.05) is 23.7 Å². The fourth-order valence-electron chi connectivity index (χ4n) is 2.42. The van der Waals surface area contributed by atoms with E-state index in [4.69, 9.17) is 21.1 Å². The molecule has 0 aliphatic carbocycles. The van der Waals surface area contributed by atoms with E-state index >= 15 is 0 Å². The van der Waals surface area contributed by atoms with Gasteiger partial charge in [-0.15, -0.1) is 11.3 Å². The minimum Gasteiger partial charge on any atom is -0.478 e. The van der Waals surface area contributed by atoms with Gasteiger partial charge in [0.05, 0.1) is 20.8 Å². The van der Waals surface area contributed by atoms with Crippen LogP contribution in [0.5, 0.6) is 0 Å². The number of carbonyl (C=O) groups is 1. The molecule has 2 aromatic heterocycles. The fourth-order valence-corrected chi connectivity index (χ4v) is 3.56. The number of furan rings is 1. The van der Waals surface area contributed by atoms with Crippen LogP contribution in [0.4, 0.5) is 0 Å². The number of carboxylic acid groups (broad SMARTS) is 1. The summed E-state index contributed by atoms with van der Waals surface area (Å²) in [5.41, 5.74) is 1.62. The zero-order chi connectivity index (χ0) is 16.7. The lowest BCUT2D eigenvalue weighted by Crippen LogP contribution is -1.96. The van der Waals surface area contributed by atoms with Gasteiger partial charge in [0.1, 0.15) is 5.76 Å². The number of rotatable bonds is 3. The molecule has 0 saturated carbocycles. The first-order valence-corrected chi connectivity index (χ1v) is 8.30. The van der Waals surface area contributed by atoms with E-state index in [1.54, 1.807) is 12.1 Å². The largest absolute Gasteiger partial charge is 0.478 e. The van der Waals surface area contributed by atoms with Gasteiger partial charge < -0.3 is 9.52 Å². The minimum absolute atomic E-state index is 0.160. The highest BCUT2D eigenvalue weighted by Gasteiger charge is 2.15. The van der Waals surface area contributed by atoms with E-state index in [-0.39, 0.29) is 5.56 Å². The molecule has 24 heavy (non-hydrogen) atoms. The summed E-state index contributed by atoms with van der Waals surface area (Å²) in [4.78, 5) is 15.7. The van der Waals surface area contributed by atoms with Gasteiger partial charge in [0, 0.05) is 5.56 Å². The Balaban J connectivity index is 1.77. The van der Waals surface area contributed by atoms with E-state index in [1.807, 2.05) is 30.3 Å². The molecule has 0 radical (unpaired) electrons. The molecule has 0 amide bonds. The van der Waals surface area contributed by atoms with Crippen molar-refractivity contribution in [2.24, 2.45) is 0 Å². The van der Waals surface area contributed by atoms with Crippen molar-refractivity contribution in [3.63, 3.8) is 0 Å². The van der Waals surface area contributed by atoms with Crippen LogP contribution in [-0.2, 0) is 0 Å².